The molecule has 0 saturated heterocycles. The van der Waals surface area contributed by atoms with Crippen molar-refractivity contribution < 1.29 is 13.3 Å². The Morgan fingerprint density at radius 3 is 2.19 bits per heavy atom. The second-order valence-corrected chi connectivity index (χ2v) is 15.7. The van der Waals surface area contributed by atoms with E-state index in [1.54, 1.807) is 17.6 Å². The first-order valence-corrected chi connectivity index (χ1v) is 19.4. The summed E-state index contributed by atoms with van der Waals surface area (Å²) in [6.07, 6.45) is 5.52. The van der Waals surface area contributed by atoms with Crippen LogP contribution in [0.4, 0.5) is 0 Å². The Kier molecular flexibility index (Phi) is 6.73. The van der Waals surface area contributed by atoms with Gasteiger partial charge in [-0.05, 0) is 71.4 Å². The number of fused-ring (bicyclic) bond motifs is 4. The van der Waals surface area contributed by atoms with Gasteiger partial charge in [0.2, 0.25) is 0 Å². The van der Waals surface area contributed by atoms with Crippen LogP contribution < -0.4 is 0 Å². The Hall–Kier alpha value is -5.99. The minimum Gasteiger partial charge on any atom is -0.464 e. The fraction of sp³-hybridized carbons (Fsp3) is 0. The molecule has 0 saturated carbocycles. The number of rotatable bonds is 6. The van der Waals surface area contributed by atoms with Gasteiger partial charge in [0.15, 0.2) is 0 Å². The van der Waals surface area contributed by atoms with E-state index in [0.29, 0.717) is 0 Å². The van der Waals surface area contributed by atoms with Gasteiger partial charge < -0.3 is 13.3 Å². The molecule has 0 spiro atoms. The zero-order valence-electron chi connectivity index (χ0n) is 27.3. The number of thiophene rings is 3. The largest absolute Gasteiger partial charge is 0.464 e. The second-order valence-electron chi connectivity index (χ2n) is 12.6. The number of pyridine rings is 1. The molecule has 11 rings (SSSR count). The van der Waals surface area contributed by atoms with Crippen LogP contribution in [0.5, 0.6) is 0 Å². The van der Waals surface area contributed by atoms with E-state index in [4.69, 9.17) is 18.2 Å². The van der Waals surface area contributed by atoms with Gasteiger partial charge in [0.25, 0.3) is 0 Å². The fourth-order valence-corrected chi connectivity index (χ4v) is 10.9. The highest BCUT2D eigenvalue weighted by Gasteiger charge is 2.33. The maximum atomic E-state index is 6.86. The van der Waals surface area contributed by atoms with Crippen molar-refractivity contribution in [2.24, 2.45) is 0 Å². The summed E-state index contributed by atoms with van der Waals surface area (Å²) in [4.78, 5) is 8.66. The lowest BCUT2D eigenvalue weighted by Gasteiger charge is -2.19. The van der Waals surface area contributed by atoms with Crippen molar-refractivity contribution in [3.05, 3.63) is 151 Å². The molecule has 246 valence electrons. The molecule has 0 aliphatic rings. The highest BCUT2D eigenvalue weighted by Crippen LogP contribution is 2.60. The number of aromatic nitrogens is 1. The molecule has 0 unspecified atom stereocenters. The highest BCUT2D eigenvalue weighted by atomic mass is 32.1. The van der Waals surface area contributed by atoms with E-state index in [1.165, 1.54) is 30.3 Å². The Balaban J connectivity index is 1.42. The first-order valence-electron chi connectivity index (χ1n) is 16.9. The first-order chi connectivity index (χ1) is 25.8. The number of furan rings is 3. The average Bonchev–Trinajstić information content (AvgIpc) is 4.04. The molecule has 7 heteroatoms. The van der Waals surface area contributed by atoms with Gasteiger partial charge in [0, 0.05) is 74.9 Å². The van der Waals surface area contributed by atoms with Gasteiger partial charge in [0.1, 0.15) is 22.7 Å². The molecule has 0 aliphatic carbocycles. The molecule has 7 aromatic heterocycles. The fourth-order valence-electron chi connectivity index (χ4n) is 7.47. The molecule has 0 amide bonds. The summed E-state index contributed by atoms with van der Waals surface area (Å²) in [5.74, 6) is 1.49. The van der Waals surface area contributed by atoms with Crippen molar-refractivity contribution in [3.8, 4) is 65.2 Å². The first kappa shape index (κ1) is 29.7. The summed E-state index contributed by atoms with van der Waals surface area (Å²) in [5, 5.41) is 6.60. The van der Waals surface area contributed by atoms with Crippen molar-refractivity contribution in [2.75, 3.05) is 0 Å². The van der Waals surface area contributed by atoms with E-state index in [-0.39, 0.29) is 0 Å². The monoisotopic (exact) mass is 723 g/mol. The second kappa shape index (κ2) is 11.8. The van der Waals surface area contributed by atoms with E-state index in [9.17, 15) is 0 Å². The Morgan fingerprint density at radius 1 is 0.558 bits per heavy atom. The van der Waals surface area contributed by atoms with Crippen LogP contribution in [-0.2, 0) is 0 Å². The maximum absolute atomic E-state index is 6.86. The van der Waals surface area contributed by atoms with Crippen LogP contribution in [0.15, 0.2) is 165 Å². The lowest BCUT2D eigenvalue weighted by Crippen LogP contribution is -1.96. The summed E-state index contributed by atoms with van der Waals surface area (Å²) in [6, 6.07) is 44.1. The van der Waals surface area contributed by atoms with Crippen molar-refractivity contribution in [2.45, 2.75) is 0 Å². The molecule has 7 heterocycles. The standard InChI is InChI=1S/C45H25NO3S3/c1-4-15-31-26(11-1)23-34(49-31)41-38(29-25-48-32-16-5-3-13-28(29)32)43-42(36-19-10-22-50-36)44(37-24-27-12-2-6-18-35(27)51-37)52-45(43)39(30-14-7-8-20-46-30)40(41)33-17-9-21-47-33/h1-25H. The van der Waals surface area contributed by atoms with Crippen LogP contribution in [0.2, 0.25) is 0 Å². The third-order valence-corrected chi connectivity index (χ3v) is 13.1. The molecule has 0 atom stereocenters. The number of hydrogen-bond acceptors (Lipinski definition) is 7. The number of nitrogens with zero attached hydrogens (tertiary/aromatic N) is 1. The smallest absolute Gasteiger partial charge is 0.136 e. The summed E-state index contributed by atoms with van der Waals surface area (Å²) in [6.45, 7) is 0. The normalized spacial score (nSPS) is 11.8. The number of para-hydroxylation sites is 2. The summed E-state index contributed by atoms with van der Waals surface area (Å²) in [5.41, 5.74) is 8.61. The quantitative estimate of drug-likeness (QED) is 0.171. The predicted octanol–water partition coefficient (Wildman–Crippen LogP) is 14.7. The SMILES string of the molecule is c1ccc(-c2c(-c3ccco3)c(-c3cc4ccccc4o3)c(-c3coc4ccccc34)c3c(-c4cccs4)c(-c4cc5ccccc5s4)sc23)nc1. The van der Waals surface area contributed by atoms with E-state index >= 15 is 0 Å². The molecule has 4 aromatic carbocycles. The summed E-state index contributed by atoms with van der Waals surface area (Å²) < 4.78 is 22.0. The topological polar surface area (TPSA) is 52.3 Å². The Morgan fingerprint density at radius 2 is 1.38 bits per heavy atom. The van der Waals surface area contributed by atoms with Gasteiger partial charge in [-0.1, -0.05) is 66.7 Å². The summed E-state index contributed by atoms with van der Waals surface area (Å²) >= 11 is 5.42. The van der Waals surface area contributed by atoms with E-state index in [0.717, 1.165) is 77.1 Å². The molecule has 0 radical (unpaired) electrons. The highest BCUT2D eigenvalue weighted by molar-refractivity contribution is 7.29. The minimum absolute atomic E-state index is 0.738. The van der Waals surface area contributed by atoms with Gasteiger partial charge in [-0.25, -0.2) is 0 Å². The van der Waals surface area contributed by atoms with E-state index in [1.807, 2.05) is 83.7 Å². The van der Waals surface area contributed by atoms with E-state index < -0.39 is 0 Å². The third kappa shape index (κ3) is 4.53. The van der Waals surface area contributed by atoms with Crippen LogP contribution >= 0.6 is 34.0 Å². The molecule has 0 fully saturated rings. The van der Waals surface area contributed by atoms with Gasteiger partial charge in [-0.15, -0.1) is 34.0 Å². The van der Waals surface area contributed by atoms with Gasteiger partial charge in [0.05, 0.1) is 23.1 Å². The van der Waals surface area contributed by atoms with Gasteiger partial charge in [-0.3, -0.25) is 4.98 Å². The number of benzene rings is 4. The van der Waals surface area contributed by atoms with Crippen molar-refractivity contribution in [1.82, 2.24) is 4.98 Å². The average molecular weight is 724 g/mol. The van der Waals surface area contributed by atoms with Crippen LogP contribution in [0, 0.1) is 0 Å². The van der Waals surface area contributed by atoms with Crippen LogP contribution in [0.1, 0.15) is 0 Å². The molecular weight excluding hydrogens is 699 g/mol. The Labute approximate surface area is 309 Å². The predicted molar refractivity (Wildman–Crippen MR) is 217 cm³/mol. The number of hydrogen-bond donors (Lipinski definition) is 0. The van der Waals surface area contributed by atoms with Crippen molar-refractivity contribution in [3.63, 3.8) is 0 Å². The molecule has 52 heavy (non-hydrogen) atoms. The Bertz CT molecular complexity index is 3000. The van der Waals surface area contributed by atoms with Crippen LogP contribution in [-0.4, -0.2) is 4.98 Å². The van der Waals surface area contributed by atoms with Crippen LogP contribution in [0.3, 0.4) is 0 Å². The zero-order valence-corrected chi connectivity index (χ0v) is 29.8. The van der Waals surface area contributed by atoms with Crippen molar-refractivity contribution >= 4 is 76.1 Å². The van der Waals surface area contributed by atoms with Crippen LogP contribution in [0.25, 0.3) is 107 Å². The molecule has 0 bridgehead atoms. The lowest BCUT2D eigenvalue weighted by molar-refractivity contribution is 0.582. The molecule has 0 aliphatic heterocycles. The van der Waals surface area contributed by atoms with Gasteiger partial charge in [-0.2, -0.15) is 0 Å². The molecular formula is C45H25NO3S3. The van der Waals surface area contributed by atoms with Crippen molar-refractivity contribution in [1.29, 1.82) is 0 Å². The minimum atomic E-state index is 0.738. The molecule has 4 nitrogen and oxygen atoms in total. The molecule has 11 aromatic rings. The zero-order chi connectivity index (χ0) is 34.2. The maximum Gasteiger partial charge on any atom is 0.136 e. The summed E-state index contributed by atoms with van der Waals surface area (Å²) in [7, 11) is 0. The van der Waals surface area contributed by atoms with E-state index in [2.05, 4.69) is 84.2 Å². The molecule has 0 N–H and O–H groups in total. The third-order valence-electron chi connectivity index (χ3n) is 9.66. The lowest BCUT2D eigenvalue weighted by atomic mass is 9.84. The van der Waals surface area contributed by atoms with Gasteiger partial charge >= 0.3 is 0 Å².